The molecule has 0 radical (unpaired) electrons. The highest BCUT2D eigenvalue weighted by Crippen LogP contribution is 2.12. The van der Waals surface area contributed by atoms with Gasteiger partial charge in [-0.1, -0.05) is 12.1 Å². The van der Waals surface area contributed by atoms with Crippen LogP contribution in [-0.4, -0.2) is 31.6 Å². The van der Waals surface area contributed by atoms with Gasteiger partial charge in [0.2, 0.25) is 5.91 Å². The summed E-state index contributed by atoms with van der Waals surface area (Å²) in [6.45, 7) is 3.11. The van der Waals surface area contributed by atoms with Crippen molar-refractivity contribution >= 4 is 12.0 Å². The van der Waals surface area contributed by atoms with Crippen LogP contribution in [0.15, 0.2) is 30.3 Å². The van der Waals surface area contributed by atoms with E-state index in [1.54, 1.807) is 13.2 Å². The highest BCUT2D eigenvalue weighted by Gasteiger charge is 2.18. The molecule has 2 N–H and O–H groups in total. The molecule has 2 atom stereocenters. The Balaban J connectivity index is 1.85. The fourth-order valence-corrected chi connectivity index (χ4v) is 2.40. The average molecular weight is 274 g/mol. The molecule has 1 saturated heterocycles. The lowest BCUT2D eigenvalue weighted by molar-refractivity contribution is -0.117. The maximum atomic E-state index is 11.9. The van der Waals surface area contributed by atoms with E-state index in [2.05, 4.69) is 17.6 Å². The summed E-state index contributed by atoms with van der Waals surface area (Å²) >= 11 is 0. The van der Waals surface area contributed by atoms with E-state index in [-0.39, 0.29) is 11.9 Å². The molecule has 1 aromatic rings. The minimum atomic E-state index is -0.0279. The number of hydrogen-bond donors (Lipinski definition) is 2. The van der Waals surface area contributed by atoms with Gasteiger partial charge in [0, 0.05) is 18.2 Å². The second kappa shape index (κ2) is 7.10. The summed E-state index contributed by atoms with van der Waals surface area (Å²) in [4.78, 5) is 11.9. The van der Waals surface area contributed by atoms with Crippen LogP contribution in [0.3, 0.4) is 0 Å². The predicted molar refractivity (Wildman–Crippen MR) is 80.7 cm³/mol. The first-order valence-electron chi connectivity index (χ1n) is 7.03. The van der Waals surface area contributed by atoms with Crippen molar-refractivity contribution in [2.75, 3.05) is 13.7 Å². The normalized spacial score (nSPS) is 22.7. The zero-order valence-electron chi connectivity index (χ0n) is 12.1. The molecule has 108 valence electrons. The lowest BCUT2D eigenvalue weighted by Gasteiger charge is -2.28. The molecule has 4 nitrogen and oxygen atoms in total. The van der Waals surface area contributed by atoms with E-state index in [4.69, 9.17) is 4.74 Å². The third-order valence-electron chi connectivity index (χ3n) is 3.51. The standard InChI is InChI=1S/C16H22N2O2/c1-12-11-14(9-10-17-12)18-16(19)8-5-13-3-6-15(20-2)7-4-13/h3-8,12,14,17H,9-11H2,1-2H3,(H,18,19)/b8-5+. The number of nitrogens with one attached hydrogen (secondary N) is 2. The van der Waals surface area contributed by atoms with Crippen molar-refractivity contribution in [2.24, 2.45) is 0 Å². The number of benzene rings is 1. The van der Waals surface area contributed by atoms with Crippen LogP contribution < -0.4 is 15.4 Å². The molecule has 4 heteroatoms. The first-order valence-corrected chi connectivity index (χ1v) is 7.03. The van der Waals surface area contributed by atoms with E-state index in [1.807, 2.05) is 30.3 Å². The molecule has 1 aromatic carbocycles. The monoisotopic (exact) mass is 274 g/mol. The number of carbonyl (C=O) groups excluding carboxylic acids is 1. The lowest BCUT2D eigenvalue weighted by atomic mass is 10.0. The number of methoxy groups -OCH3 is 1. The molecule has 1 fully saturated rings. The summed E-state index contributed by atoms with van der Waals surface area (Å²) in [5.74, 6) is 0.787. The maximum absolute atomic E-state index is 11.9. The Labute approximate surface area is 120 Å². The number of carbonyl (C=O) groups is 1. The summed E-state index contributed by atoms with van der Waals surface area (Å²) in [7, 11) is 1.64. The first-order chi connectivity index (χ1) is 9.67. The van der Waals surface area contributed by atoms with Gasteiger partial charge in [-0.25, -0.2) is 0 Å². The van der Waals surface area contributed by atoms with Crippen molar-refractivity contribution in [1.82, 2.24) is 10.6 Å². The van der Waals surface area contributed by atoms with Gasteiger partial charge >= 0.3 is 0 Å². The van der Waals surface area contributed by atoms with Crippen LogP contribution in [0.2, 0.25) is 0 Å². The number of hydrogen-bond acceptors (Lipinski definition) is 3. The molecule has 1 aliphatic heterocycles. The SMILES string of the molecule is COc1ccc(/C=C/C(=O)NC2CCNC(C)C2)cc1. The van der Waals surface area contributed by atoms with Gasteiger partial charge in [0.15, 0.2) is 0 Å². The summed E-state index contributed by atoms with van der Waals surface area (Å²) in [5, 5.41) is 6.42. The lowest BCUT2D eigenvalue weighted by Crippen LogP contribution is -2.46. The van der Waals surface area contributed by atoms with Crippen LogP contribution in [0.5, 0.6) is 5.75 Å². The number of amides is 1. The molecule has 0 aromatic heterocycles. The van der Waals surface area contributed by atoms with Gasteiger partial charge < -0.3 is 15.4 Å². The summed E-state index contributed by atoms with van der Waals surface area (Å²) in [6.07, 6.45) is 5.39. The molecule has 0 bridgehead atoms. The highest BCUT2D eigenvalue weighted by molar-refractivity contribution is 5.91. The van der Waals surface area contributed by atoms with E-state index in [0.717, 1.165) is 30.7 Å². The van der Waals surface area contributed by atoms with E-state index in [9.17, 15) is 4.79 Å². The molecule has 1 amide bonds. The molecule has 1 heterocycles. The van der Waals surface area contributed by atoms with Gasteiger partial charge in [-0.15, -0.1) is 0 Å². The summed E-state index contributed by atoms with van der Waals surface area (Å²) < 4.78 is 5.10. The second-order valence-electron chi connectivity index (χ2n) is 5.19. The fraction of sp³-hybridized carbons (Fsp3) is 0.438. The van der Waals surface area contributed by atoms with Crippen molar-refractivity contribution in [1.29, 1.82) is 0 Å². The van der Waals surface area contributed by atoms with Crippen LogP contribution in [0.25, 0.3) is 6.08 Å². The van der Waals surface area contributed by atoms with E-state index in [0.29, 0.717) is 6.04 Å². The summed E-state index contributed by atoms with van der Waals surface area (Å²) in [5.41, 5.74) is 0.986. The smallest absolute Gasteiger partial charge is 0.244 e. The quantitative estimate of drug-likeness (QED) is 0.825. The fourth-order valence-electron chi connectivity index (χ4n) is 2.40. The number of piperidine rings is 1. The van der Waals surface area contributed by atoms with Gasteiger partial charge in [0.05, 0.1) is 7.11 Å². The third-order valence-corrected chi connectivity index (χ3v) is 3.51. The molecular formula is C16H22N2O2. The average Bonchev–Trinajstić information content (AvgIpc) is 2.46. The number of rotatable bonds is 4. The molecule has 0 aliphatic carbocycles. The van der Waals surface area contributed by atoms with Gasteiger partial charge in [0.25, 0.3) is 0 Å². The van der Waals surface area contributed by atoms with E-state index >= 15 is 0 Å². The van der Waals surface area contributed by atoms with Crippen molar-refractivity contribution < 1.29 is 9.53 Å². The van der Waals surface area contributed by atoms with Gasteiger partial charge in [-0.2, -0.15) is 0 Å². The van der Waals surface area contributed by atoms with E-state index < -0.39 is 0 Å². The molecule has 0 saturated carbocycles. The molecule has 0 spiro atoms. The van der Waals surface area contributed by atoms with Crippen LogP contribution >= 0.6 is 0 Å². The zero-order valence-corrected chi connectivity index (χ0v) is 12.1. The van der Waals surface area contributed by atoms with Crippen molar-refractivity contribution in [3.63, 3.8) is 0 Å². The van der Waals surface area contributed by atoms with Gasteiger partial charge in [0.1, 0.15) is 5.75 Å². The molecular weight excluding hydrogens is 252 g/mol. The van der Waals surface area contributed by atoms with Gasteiger partial charge in [-0.3, -0.25) is 4.79 Å². The third kappa shape index (κ3) is 4.38. The molecule has 2 unspecified atom stereocenters. The Morgan fingerprint density at radius 2 is 2.15 bits per heavy atom. The van der Waals surface area contributed by atoms with Crippen molar-refractivity contribution in [3.05, 3.63) is 35.9 Å². The Kier molecular flexibility index (Phi) is 5.18. The van der Waals surface area contributed by atoms with Crippen LogP contribution in [0, 0.1) is 0 Å². The second-order valence-corrected chi connectivity index (χ2v) is 5.19. The van der Waals surface area contributed by atoms with Crippen molar-refractivity contribution in [3.8, 4) is 5.75 Å². The highest BCUT2D eigenvalue weighted by atomic mass is 16.5. The van der Waals surface area contributed by atoms with Crippen LogP contribution in [-0.2, 0) is 4.79 Å². The largest absolute Gasteiger partial charge is 0.497 e. The Morgan fingerprint density at radius 1 is 1.40 bits per heavy atom. The Morgan fingerprint density at radius 3 is 2.80 bits per heavy atom. The minimum Gasteiger partial charge on any atom is -0.497 e. The maximum Gasteiger partial charge on any atom is 0.244 e. The first kappa shape index (κ1) is 14.6. The predicted octanol–water partition coefficient (Wildman–Crippen LogP) is 1.97. The van der Waals surface area contributed by atoms with Crippen LogP contribution in [0.4, 0.5) is 0 Å². The molecule has 1 aliphatic rings. The topological polar surface area (TPSA) is 50.4 Å². The summed E-state index contributed by atoms with van der Waals surface area (Å²) in [6, 6.07) is 8.36. The van der Waals surface area contributed by atoms with E-state index in [1.165, 1.54) is 0 Å². The molecule has 2 rings (SSSR count). The zero-order chi connectivity index (χ0) is 14.4. The Hall–Kier alpha value is -1.81. The Bertz CT molecular complexity index is 468. The minimum absolute atomic E-state index is 0.0279. The molecule has 20 heavy (non-hydrogen) atoms. The number of ether oxygens (including phenoxy) is 1. The van der Waals surface area contributed by atoms with Crippen LogP contribution in [0.1, 0.15) is 25.3 Å². The van der Waals surface area contributed by atoms with Crippen molar-refractivity contribution in [2.45, 2.75) is 31.8 Å². The van der Waals surface area contributed by atoms with Gasteiger partial charge in [-0.05, 0) is 50.1 Å².